The van der Waals surface area contributed by atoms with Gasteiger partial charge in [0, 0.05) is 0 Å². The Morgan fingerprint density at radius 2 is 2.04 bits per heavy atom. The number of hydrazone groups is 1. The molecule has 0 saturated heterocycles. The lowest BCUT2D eigenvalue weighted by molar-refractivity contribution is 0.0953. The van der Waals surface area contributed by atoms with Gasteiger partial charge in [-0.05, 0) is 32.4 Å². The number of carbonyl (C=O) groups excluding carboxylic acids is 1. The van der Waals surface area contributed by atoms with Gasteiger partial charge >= 0.3 is 0 Å². The normalized spacial score (nSPS) is 11.2. The number of carbonyl (C=O) groups is 1. The second kappa shape index (κ2) is 7.58. The second-order valence-corrected chi connectivity index (χ2v) is 6.32. The Morgan fingerprint density at radius 3 is 2.69 bits per heavy atom. The maximum Gasteiger partial charge on any atom is 0.274 e. The first kappa shape index (κ1) is 17.9. The van der Waals surface area contributed by atoms with Gasteiger partial charge in [0.1, 0.15) is 16.7 Å². The molecule has 1 N–H and O–H groups in total. The number of hydrogen-bond acceptors (Lipinski definition) is 4. The predicted molar refractivity (Wildman–Crippen MR) is 101 cm³/mol. The molecule has 0 bridgehead atoms. The van der Waals surface area contributed by atoms with E-state index in [-0.39, 0.29) is 5.91 Å². The van der Waals surface area contributed by atoms with Gasteiger partial charge in [0.2, 0.25) is 0 Å². The minimum absolute atomic E-state index is 0.332. The highest BCUT2D eigenvalue weighted by Gasteiger charge is 2.14. The summed E-state index contributed by atoms with van der Waals surface area (Å²) in [5.41, 5.74) is 5.45. The smallest absolute Gasteiger partial charge is 0.274 e. The number of rotatable bonds is 5. The molecule has 0 aliphatic carbocycles. The van der Waals surface area contributed by atoms with E-state index in [0.29, 0.717) is 34.3 Å². The first-order valence-electron chi connectivity index (χ1n) is 8.13. The summed E-state index contributed by atoms with van der Waals surface area (Å²) in [5.74, 6) is 0.902. The molecule has 0 aliphatic rings. The highest BCUT2D eigenvalue weighted by Crippen LogP contribution is 2.19. The molecule has 0 atom stereocenters. The van der Waals surface area contributed by atoms with Crippen LogP contribution in [-0.4, -0.2) is 21.9 Å². The third-order valence-electron chi connectivity index (χ3n) is 3.93. The molecule has 26 heavy (non-hydrogen) atoms. The number of benzene rings is 1. The fourth-order valence-electron chi connectivity index (χ4n) is 2.65. The molecular formula is C19H19ClN4O2. The Balaban J connectivity index is 1.72. The van der Waals surface area contributed by atoms with E-state index in [4.69, 9.17) is 16.0 Å². The molecule has 3 rings (SSSR count). The SMILES string of the molecule is Cc1cc(C(=O)NN=Cc2c(C)nn(Cc3ccccc3)c2Cl)c(C)o1. The molecule has 134 valence electrons. The summed E-state index contributed by atoms with van der Waals surface area (Å²) in [7, 11) is 0. The van der Waals surface area contributed by atoms with Crippen molar-refractivity contribution in [1.29, 1.82) is 0 Å². The molecule has 2 heterocycles. The van der Waals surface area contributed by atoms with Gasteiger partial charge in [0.15, 0.2) is 0 Å². The summed E-state index contributed by atoms with van der Waals surface area (Å²) >= 11 is 6.42. The van der Waals surface area contributed by atoms with Gasteiger partial charge in [0.05, 0.1) is 29.6 Å². The number of amides is 1. The van der Waals surface area contributed by atoms with Gasteiger partial charge in [-0.25, -0.2) is 10.1 Å². The zero-order chi connectivity index (χ0) is 18.7. The zero-order valence-electron chi connectivity index (χ0n) is 14.8. The number of nitrogens with zero attached hydrogens (tertiary/aromatic N) is 3. The van der Waals surface area contributed by atoms with Crippen molar-refractivity contribution in [2.24, 2.45) is 5.10 Å². The van der Waals surface area contributed by atoms with Crippen molar-refractivity contribution in [3.05, 3.63) is 75.5 Å². The predicted octanol–water partition coefficient (Wildman–Crippen LogP) is 3.87. The molecular weight excluding hydrogens is 352 g/mol. The molecule has 0 spiro atoms. The van der Waals surface area contributed by atoms with E-state index < -0.39 is 0 Å². The molecule has 1 aromatic carbocycles. The quantitative estimate of drug-likeness (QED) is 0.547. The molecule has 3 aromatic rings. The first-order valence-corrected chi connectivity index (χ1v) is 8.50. The summed E-state index contributed by atoms with van der Waals surface area (Å²) in [4.78, 5) is 12.1. The van der Waals surface area contributed by atoms with Gasteiger partial charge in [0.25, 0.3) is 5.91 Å². The topological polar surface area (TPSA) is 72.4 Å². The van der Waals surface area contributed by atoms with Crippen LogP contribution in [0.3, 0.4) is 0 Å². The molecule has 7 heteroatoms. The number of halogens is 1. The van der Waals surface area contributed by atoms with Crippen LogP contribution in [0.2, 0.25) is 5.15 Å². The second-order valence-electron chi connectivity index (χ2n) is 5.96. The van der Waals surface area contributed by atoms with Crippen molar-refractivity contribution in [3.63, 3.8) is 0 Å². The Bertz CT molecular complexity index is 958. The van der Waals surface area contributed by atoms with Crippen LogP contribution in [0.25, 0.3) is 0 Å². The van der Waals surface area contributed by atoms with Crippen LogP contribution in [0, 0.1) is 20.8 Å². The molecule has 0 aliphatic heterocycles. The van der Waals surface area contributed by atoms with Crippen molar-refractivity contribution in [2.45, 2.75) is 27.3 Å². The molecule has 0 radical (unpaired) electrons. The number of aromatic nitrogens is 2. The minimum atomic E-state index is -0.332. The van der Waals surface area contributed by atoms with E-state index in [1.165, 1.54) is 6.21 Å². The molecule has 0 saturated carbocycles. The summed E-state index contributed by atoms with van der Waals surface area (Å²) in [6.07, 6.45) is 1.51. The largest absolute Gasteiger partial charge is 0.466 e. The van der Waals surface area contributed by atoms with Gasteiger partial charge in [-0.1, -0.05) is 41.9 Å². The van der Waals surface area contributed by atoms with Crippen LogP contribution < -0.4 is 5.43 Å². The van der Waals surface area contributed by atoms with Gasteiger partial charge < -0.3 is 4.42 Å². The van der Waals surface area contributed by atoms with Crippen molar-refractivity contribution < 1.29 is 9.21 Å². The van der Waals surface area contributed by atoms with E-state index >= 15 is 0 Å². The molecule has 0 fully saturated rings. The maximum absolute atomic E-state index is 12.1. The molecule has 0 unspecified atom stereocenters. The van der Waals surface area contributed by atoms with Crippen molar-refractivity contribution in [3.8, 4) is 0 Å². The van der Waals surface area contributed by atoms with E-state index in [2.05, 4.69) is 15.6 Å². The average Bonchev–Trinajstić information content (AvgIpc) is 3.08. The van der Waals surface area contributed by atoms with Crippen LogP contribution in [0.1, 0.15) is 38.7 Å². The minimum Gasteiger partial charge on any atom is -0.466 e. The van der Waals surface area contributed by atoms with Gasteiger partial charge in [-0.15, -0.1) is 0 Å². The van der Waals surface area contributed by atoms with Crippen LogP contribution in [0.4, 0.5) is 0 Å². The molecule has 6 nitrogen and oxygen atoms in total. The third-order valence-corrected chi connectivity index (χ3v) is 4.33. The zero-order valence-corrected chi connectivity index (χ0v) is 15.5. The van der Waals surface area contributed by atoms with E-state index in [0.717, 1.165) is 11.3 Å². The Kier molecular flexibility index (Phi) is 5.23. The Morgan fingerprint density at radius 1 is 1.31 bits per heavy atom. The highest BCUT2D eigenvalue weighted by atomic mass is 35.5. The lowest BCUT2D eigenvalue weighted by Gasteiger charge is -2.03. The standard InChI is InChI=1S/C19H19ClN4O2/c1-12-9-16(14(3)26-12)19(25)22-21-10-17-13(2)23-24(18(17)20)11-15-7-5-4-6-8-15/h4-10H,11H2,1-3H3,(H,22,25). The molecule has 1 amide bonds. The number of hydrogen-bond donors (Lipinski definition) is 1. The monoisotopic (exact) mass is 370 g/mol. The van der Waals surface area contributed by atoms with Crippen LogP contribution in [0.15, 0.2) is 45.9 Å². The summed E-state index contributed by atoms with van der Waals surface area (Å²) < 4.78 is 7.06. The van der Waals surface area contributed by atoms with E-state index in [9.17, 15) is 4.79 Å². The van der Waals surface area contributed by atoms with Crippen LogP contribution in [0.5, 0.6) is 0 Å². The van der Waals surface area contributed by atoms with Crippen molar-refractivity contribution in [1.82, 2.24) is 15.2 Å². The van der Waals surface area contributed by atoms with Crippen LogP contribution >= 0.6 is 11.6 Å². The van der Waals surface area contributed by atoms with Gasteiger partial charge in [-0.2, -0.15) is 10.2 Å². The maximum atomic E-state index is 12.1. The number of furan rings is 1. The summed E-state index contributed by atoms with van der Waals surface area (Å²) in [6, 6.07) is 11.6. The Hall–Kier alpha value is -2.86. The van der Waals surface area contributed by atoms with Gasteiger partial charge in [-0.3, -0.25) is 4.79 Å². The first-order chi connectivity index (χ1) is 12.5. The van der Waals surface area contributed by atoms with E-state index in [1.54, 1.807) is 24.6 Å². The lowest BCUT2D eigenvalue weighted by atomic mass is 10.2. The molecule has 2 aromatic heterocycles. The fraction of sp³-hybridized carbons (Fsp3) is 0.211. The van der Waals surface area contributed by atoms with E-state index in [1.807, 2.05) is 37.3 Å². The third kappa shape index (κ3) is 3.86. The summed E-state index contributed by atoms with van der Waals surface area (Å²) in [5, 5.41) is 8.92. The highest BCUT2D eigenvalue weighted by molar-refractivity contribution is 6.32. The fourth-order valence-corrected chi connectivity index (χ4v) is 2.93. The number of nitrogens with one attached hydrogen (secondary N) is 1. The lowest BCUT2D eigenvalue weighted by Crippen LogP contribution is -2.17. The average molecular weight is 371 g/mol. The Labute approximate surface area is 156 Å². The van der Waals surface area contributed by atoms with Crippen molar-refractivity contribution >= 4 is 23.7 Å². The van der Waals surface area contributed by atoms with Crippen LogP contribution in [-0.2, 0) is 6.54 Å². The number of aryl methyl sites for hydroxylation is 3. The summed E-state index contributed by atoms with van der Waals surface area (Å²) in [6.45, 7) is 5.94. The van der Waals surface area contributed by atoms with Crippen molar-refractivity contribution in [2.75, 3.05) is 0 Å².